The van der Waals surface area contributed by atoms with Crippen LogP contribution in [-0.2, 0) is 11.0 Å². The van der Waals surface area contributed by atoms with Gasteiger partial charge in [-0.3, -0.25) is 0 Å². The lowest BCUT2D eigenvalue weighted by Gasteiger charge is -2.36. The van der Waals surface area contributed by atoms with Crippen molar-refractivity contribution in [2.45, 2.75) is 109 Å². The molecule has 0 spiro atoms. The van der Waals surface area contributed by atoms with Crippen molar-refractivity contribution < 1.29 is 8.63 Å². The van der Waals surface area contributed by atoms with E-state index in [1.54, 1.807) is 0 Å². The Bertz CT molecular complexity index is 615. The summed E-state index contributed by atoms with van der Waals surface area (Å²) in [5.41, 5.74) is 1.19. The Morgan fingerprint density at radius 3 is 2.04 bits per heavy atom. The molecule has 0 aliphatic heterocycles. The monoisotopic (exact) mass is 425 g/mol. The van der Waals surface area contributed by atoms with Gasteiger partial charge < -0.3 is 4.43 Å². The Kier molecular flexibility index (Phi) is 9.43. The molecule has 0 fully saturated rings. The van der Waals surface area contributed by atoms with Gasteiger partial charge in [0.05, 0.1) is 15.7 Å². The van der Waals surface area contributed by atoms with Crippen LogP contribution in [0.1, 0.15) is 92.2 Å². The summed E-state index contributed by atoms with van der Waals surface area (Å²) in [6, 6.07) is 8.55. The number of benzene rings is 1. The molecule has 3 nitrogen and oxygen atoms in total. The third-order valence-electron chi connectivity index (χ3n) is 5.61. The average molecular weight is 426 g/mol. The highest BCUT2D eigenvalue weighted by Gasteiger charge is 2.39. The standard InChI is InChI=1S/C23H43NO2SSi/c1-10-11-12-13-14-21(24-27(25)22(2,3)4)19-15-17-20(18-16-19)26-28(8,9)23(5,6)7/h15-18,21,24H,10-14H2,1-9H3. The van der Waals surface area contributed by atoms with Gasteiger partial charge in [-0.05, 0) is 63.0 Å². The van der Waals surface area contributed by atoms with Gasteiger partial charge in [0.15, 0.2) is 0 Å². The molecule has 1 aromatic rings. The topological polar surface area (TPSA) is 38.3 Å². The van der Waals surface area contributed by atoms with Crippen molar-refractivity contribution in [1.82, 2.24) is 4.72 Å². The van der Waals surface area contributed by atoms with Crippen LogP contribution in [0.3, 0.4) is 0 Å². The molecule has 0 bridgehead atoms. The molecule has 0 aliphatic rings. The first-order valence-corrected chi connectivity index (χ1v) is 14.8. The van der Waals surface area contributed by atoms with Gasteiger partial charge in [0.25, 0.3) is 0 Å². The summed E-state index contributed by atoms with van der Waals surface area (Å²) >= 11 is 0. The third-order valence-corrected chi connectivity index (χ3v) is 11.6. The maximum absolute atomic E-state index is 12.7. The maximum atomic E-state index is 12.7. The van der Waals surface area contributed by atoms with Gasteiger partial charge in [0, 0.05) is 6.04 Å². The first-order chi connectivity index (χ1) is 12.8. The van der Waals surface area contributed by atoms with E-state index in [1.807, 2.05) is 20.8 Å². The lowest BCUT2D eigenvalue weighted by Crippen LogP contribution is -2.43. The van der Waals surface area contributed by atoms with Gasteiger partial charge >= 0.3 is 0 Å². The maximum Gasteiger partial charge on any atom is 0.250 e. The normalized spacial score (nSPS) is 15.3. The van der Waals surface area contributed by atoms with E-state index >= 15 is 0 Å². The summed E-state index contributed by atoms with van der Waals surface area (Å²) in [5.74, 6) is 0.942. The quantitative estimate of drug-likeness (QED) is 0.320. The average Bonchev–Trinajstić information content (AvgIpc) is 2.56. The lowest BCUT2D eigenvalue weighted by atomic mass is 10.0. The molecule has 0 saturated carbocycles. The van der Waals surface area contributed by atoms with Crippen molar-refractivity contribution in [3.63, 3.8) is 0 Å². The highest BCUT2D eigenvalue weighted by atomic mass is 32.2. The van der Waals surface area contributed by atoms with Crippen molar-refractivity contribution >= 4 is 19.3 Å². The largest absolute Gasteiger partial charge is 0.544 e. The van der Waals surface area contributed by atoms with Crippen molar-refractivity contribution in [3.8, 4) is 5.75 Å². The lowest BCUT2D eigenvalue weighted by molar-refractivity contribution is 0.491. The second-order valence-corrected chi connectivity index (χ2v) is 17.1. The molecule has 1 aromatic carbocycles. The van der Waals surface area contributed by atoms with Crippen LogP contribution in [0.15, 0.2) is 24.3 Å². The molecule has 0 saturated heterocycles. The van der Waals surface area contributed by atoms with E-state index in [0.29, 0.717) is 0 Å². The Morgan fingerprint density at radius 1 is 1.00 bits per heavy atom. The molecule has 0 amide bonds. The van der Waals surface area contributed by atoms with Crippen LogP contribution in [0.5, 0.6) is 5.75 Å². The van der Waals surface area contributed by atoms with Crippen LogP contribution in [-0.4, -0.2) is 17.3 Å². The SMILES string of the molecule is CCCCCCC(NS(=O)C(C)(C)C)c1ccc(O[Si](C)(C)C(C)(C)C)cc1. The molecular weight excluding hydrogens is 382 g/mol. The van der Waals surface area contributed by atoms with E-state index < -0.39 is 19.3 Å². The summed E-state index contributed by atoms with van der Waals surface area (Å²) in [5, 5.41) is 0.179. The summed E-state index contributed by atoms with van der Waals surface area (Å²) in [7, 11) is -2.92. The minimum atomic E-state index is -1.84. The molecule has 2 unspecified atom stereocenters. The van der Waals surface area contributed by atoms with Gasteiger partial charge in [0.1, 0.15) is 5.75 Å². The smallest absolute Gasteiger partial charge is 0.250 e. The van der Waals surface area contributed by atoms with Crippen molar-refractivity contribution in [1.29, 1.82) is 0 Å². The molecule has 28 heavy (non-hydrogen) atoms. The number of hydrogen-bond acceptors (Lipinski definition) is 2. The Balaban J connectivity index is 2.92. The molecule has 0 aromatic heterocycles. The van der Waals surface area contributed by atoms with Crippen LogP contribution in [0.25, 0.3) is 0 Å². The van der Waals surface area contributed by atoms with Gasteiger partial charge in [-0.1, -0.05) is 65.5 Å². The van der Waals surface area contributed by atoms with Gasteiger partial charge in [-0.25, -0.2) is 8.93 Å². The Hall–Kier alpha value is -0.653. The first-order valence-electron chi connectivity index (χ1n) is 10.7. The second-order valence-electron chi connectivity index (χ2n) is 10.3. The molecule has 1 rings (SSSR count). The molecule has 0 aliphatic carbocycles. The third kappa shape index (κ3) is 8.00. The number of nitrogens with one attached hydrogen (secondary N) is 1. The predicted molar refractivity (Wildman–Crippen MR) is 127 cm³/mol. The molecule has 1 N–H and O–H groups in total. The summed E-state index contributed by atoms with van der Waals surface area (Å²) in [4.78, 5) is 0. The molecule has 0 heterocycles. The number of unbranched alkanes of at least 4 members (excludes halogenated alkanes) is 3. The summed E-state index contributed by atoms with van der Waals surface area (Å²) in [6.07, 6.45) is 5.86. The van der Waals surface area contributed by atoms with Gasteiger partial charge in [0.2, 0.25) is 8.32 Å². The van der Waals surface area contributed by atoms with Crippen LogP contribution in [0.4, 0.5) is 0 Å². The van der Waals surface area contributed by atoms with Crippen LogP contribution in [0.2, 0.25) is 18.1 Å². The van der Waals surface area contributed by atoms with E-state index in [-0.39, 0.29) is 15.8 Å². The van der Waals surface area contributed by atoms with Crippen molar-refractivity contribution in [2.75, 3.05) is 0 Å². The fourth-order valence-corrected chi connectivity index (χ4v) is 4.49. The fraction of sp³-hybridized carbons (Fsp3) is 0.739. The zero-order valence-corrected chi connectivity index (χ0v) is 21.5. The van der Waals surface area contributed by atoms with E-state index in [0.717, 1.165) is 18.6 Å². The van der Waals surface area contributed by atoms with Crippen LogP contribution in [0, 0.1) is 0 Å². The molecule has 162 valence electrons. The van der Waals surface area contributed by atoms with Gasteiger partial charge in [-0.2, -0.15) is 0 Å². The Morgan fingerprint density at radius 2 is 1.57 bits per heavy atom. The van der Waals surface area contributed by atoms with E-state index in [1.165, 1.54) is 24.8 Å². The van der Waals surface area contributed by atoms with Gasteiger partial charge in [-0.15, -0.1) is 0 Å². The number of rotatable bonds is 10. The first kappa shape index (κ1) is 25.4. The molecule has 2 atom stereocenters. The van der Waals surface area contributed by atoms with E-state index in [9.17, 15) is 4.21 Å². The molecular formula is C23H43NO2SSi. The fourth-order valence-electron chi connectivity index (χ4n) is 2.59. The van der Waals surface area contributed by atoms with Crippen LogP contribution >= 0.6 is 0 Å². The predicted octanol–water partition coefficient (Wildman–Crippen LogP) is 7.13. The molecule has 5 heteroatoms. The molecule has 0 radical (unpaired) electrons. The van der Waals surface area contributed by atoms with Crippen molar-refractivity contribution in [3.05, 3.63) is 29.8 Å². The highest BCUT2D eigenvalue weighted by molar-refractivity contribution is 7.84. The minimum Gasteiger partial charge on any atom is -0.544 e. The Labute approximate surface area is 177 Å². The van der Waals surface area contributed by atoms with Crippen molar-refractivity contribution in [2.24, 2.45) is 0 Å². The zero-order chi connectivity index (χ0) is 21.6. The summed E-state index contributed by atoms with van der Waals surface area (Å²) < 4.78 is 22.2. The van der Waals surface area contributed by atoms with E-state index in [2.05, 4.69) is 69.8 Å². The van der Waals surface area contributed by atoms with E-state index in [4.69, 9.17) is 4.43 Å². The summed E-state index contributed by atoms with van der Waals surface area (Å²) in [6.45, 7) is 19.6. The second kappa shape index (κ2) is 10.4. The minimum absolute atomic E-state index is 0.110. The number of hydrogen-bond donors (Lipinski definition) is 1. The zero-order valence-electron chi connectivity index (χ0n) is 19.6. The highest BCUT2D eigenvalue weighted by Crippen LogP contribution is 2.37. The van der Waals surface area contributed by atoms with Crippen LogP contribution < -0.4 is 9.15 Å².